The van der Waals surface area contributed by atoms with E-state index in [1.54, 1.807) is 16.6 Å². The third-order valence-electron chi connectivity index (χ3n) is 3.77. The van der Waals surface area contributed by atoms with E-state index in [9.17, 15) is 8.42 Å². The summed E-state index contributed by atoms with van der Waals surface area (Å²) in [4.78, 5) is 0. The van der Waals surface area contributed by atoms with Crippen LogP contribution in [0.1, 0.15) is 44.3 Å². The number of halogens is 1. The van der Waals surface area contributed by atoms with Crippen molar-refractivity contribution in [2.24, 2.45) is 0 Å². The van der Waals surface area contributed by atoms with E-state index in [1.165, 1.54) is 0 Å². The maximum Gasteiger partial charge on any atom is 0.214 e. The second kappa shape index (κ2) is 7.48. The molecule has 0 N–H and O–H groups in total. The predicted molar refractivity (Wildman–Crippen MR) is 80.2 cm³/mol. The van der Waals surface area contributed by atoms with Crippen LogP contribution in [0.25, 0.3) is 0 Å². The summed E-state index contributed by atoms with van der Waals surface area (Å²) in [7, 11) is -3.24. The van der Waals surface area contributed by atoms with Gasteiger partial charge in [0.15, 0.2) is 0 Å². The number of hydrogen-bond acceptors (Lipinski definition) is 3. The second-order valence-corrected chi connectivity index (χ2v) is 7.69. The Balaban J connectivity index is 2.08. The third-order valence-corrected chi connectivity index (χ3v) is 5.98. The van der Waals surface area contributed by atoms with Crippen LogP contribution in [0.4, 0.5) is 0 Å². The molecule has 114 valence electrons. The van der Waals surface area contributed by atoms with Crippen molar-refractivity contribution >= 4 is 21.6 Å². The lowest BCUT2D eigenvalue weighted by atomic mass is 10.2. The molecule has 1 aliphatic carbocycles. The largest absolute Gasteiger partial charge is 0.468 e. The summed E-state index contributed by atoms with van der Waals surface area (Å²) in [5.74, 6) is 1.39. The molecule has 0 aliphatic heterocycles. The van der Waals surface area contributed by atoms with Gasteiger partial charge >= 0.3 is 0 Å². The fraction of sp³-hybridized carbons (Fsp3) is 0.714. The predicted octanol–water partition coefficient (Wildman–Crippen LogP) is 3.37. The van der Waals surface area contributed by atoms with Crippen molar-refractivity contribution in [3.05, 3.63) is 24.2 Å². The highest BCUT2D eigenvalue weighted by atomic mass is 35.5. The van der Waals surface area contributed by atoms with E-state index in [0.717, 1.165) is 32.1 Å². The molecule has 1 aromatic rings. The summed E-state index contributed by atoms with van der Waals surface area (Å²) in [5, 5.41) is 0. The van der Waals surface area contributed by atoms with Gasteiger partial charge in [0.05, 0.1) is 18.6 Å². The molecule has 0 unspecified atom stereocenters. The molecule has 1 heterocycles. The molecule has 2 rings (SSSR count). The molecule has 0 saturated heterocycles. The summed E-state index contributed by atoms with van der Waals surface area (Å²) in [6.07, 6.45) is 7.06. The smallest absolute Gasteiger partial charge is 0.214 e. The van der Waals surface area contributed by atoms with E-state index in [1.807, 2.05) is 6.07 Å². The van der Waals surface area contributed by atoms with Crippen LogP contribution in [0.5, 0.6) is 0 Å². The van der Waals surface area contributed by atoms with E-state index < -0.39 is 10.0 Å². The molecular formula is C14H22ClNO3S. The molecule has 1 aromatic heterocycles. The second-order valence-electron chi connectivity index (χ2n) is 5.27. The Kier molecular flexibility index (Phi) is 5.93. The van der Waals surface area contributed by atoms with Crippen molar-refractivity contribution < 1.29 is 12.8 Å². The first-order valence-corrected chi connectivity index (χ1v) is 9.36. The minimum Gasteiger partial charge on any atom is -0.468 e. The monoisotopic (exact) mass is 319 g/mol. The van der Waals surface area contributed by atoms with Crippen molar-refractivity contribution in [2.45, 2.75) is 51.1 Å². The first-order valence-electron chi connectivity index (χ1n) is 7.21. The van der Waals surface area contributed by atoms with Gasteiger partial charge in [-0.15, -0.1) is 11.6 Å². The van der Waals surface area contributed by atoms with E-state index in [4.69, 9.17) is 16.0 Å². The molecule has 6 heteroatoms. The minimum atomic E-state index is -3.24. The van der Waals surface area contributed by atoms with Crippen molar-refractivity contribution in [1.82, 2.24) is 4.31 Å². The van der Waals surface area contributed by atoms with E-state index in [2.05, 4.69) is 0 Å². The third kappa shape index (κ3) is 4.24. The normalized spacial score (nSPS) is 17.1. The Morgan fingerprint density at radius 3 is 2.65 bits per heavy atom. The van der Waals surface area contributed by atoms with Crippen LogP contribution in [0, 0.1) is 0 Å². The topological polar surface area (TPSA) is 50.5 Å². The molecule has 4 nitrogen and oxygen atoms in total. The zero-order valence-corrected chi connectivity index (χ0v) is 13.2. The Morgan fingerprint density at radius 1 is 1.30 bits per heavy atom. The number of nitrogens with zero attached hydrogens (tertiary/aromatic N) is 1. The fourth-order valence-electron chi connectivity index (χ4n) is 2.70. The number of furan rings is 1. The van der Waals surface area contributed by atoms with Crippen molar-refractivity contribution in [3.63, 3.8) is 0 Å². The van der Waals surface area contributed by atoms with Gasteiger partial charge in [0.25, 0.3) is 0 Å². The minimum absolute atomic E-state index is 0.126. The van der Waals surface area contributed by atoms with Gasteiger partial charge in [-0.05, 0) is 37.8 Å². The molecule has 1 fully saturated rings. The fourth-order valence-corrected chi connectivity index (χ4v) is 4.68. The lowest BCUT2D eigenvalue weighted by Gasteiger charge is -2.27. The average molecular weight is 320 g/mol. The molecule has 20 heavy (non-hydrogen) atoms. The van der Waals surface area contributed by atoms with Gasteiger partial charge in [-0.2, -0.15) is 4.31 Å². The van der Waals surface area contributed by atoms with Crippen LogP contribution in [0.15, 0.2) is 22.8 Å². The standard InChI is InChI=1S/C14H22ClNO3S/c15-9-3-4-11-20(17,18)16(13-6-1-2-7-13)12-14-8-5-10-19-14/h5,8,10,13H,1-4,6-7,9,11-12H2. The van der Waals surface area contributed by atoms with Crippen LogP contribution in [-0.4, -0.2) is 30.4 Å². The van der Waals surface area contributed by atoms with Crippen LogP contribution in [0.2, 0.25) is 0 Å². The van der Waals surface area contributed by atoms with E-state index in [0.29, 0.717) is 24.6 Å². The molecule has 0 spiro atoms. The molecule has 0 amide bonds. The molecule has 0 atom stereocenters. The maximum absolute atomic E-state index is 12.6. The van der Waals surface area contributed by atoms with E-state index in [-0.39, 0.29) is 11.8 Å². The highest BCUT2D eigenvalue weighted by Crippen LogP contribution is 2.28. The number of alkyl halides is 1. The van der Waals surface area contributed by atoms with Crippen LogP contribution in [0.3, 0.4) is 0 Å². The van der Waals surface area contributed by atoms with Gasteiger partial charge < -0.3 is 4.42 Å². The summed E-state index contributed by atoms with van der Waals surface area (Å²) in [5.41, 5.74) is 0. The van der Waals surface area contributed by atoms with Crippen molar-refractivity contribution in [1.29, 1.82) is 0 Å². The lowest BCUT2D eigenvalue weighted by molar-refractivity contribution is 0.291. The van der Waals surface area contributed by atoms with Crippen LogP contribution >= 0.6 is 11.6 Å². The molecule has 0 aromatic carbocycles. The van der Waals surface area contributed by atoms with Crippen LogP contribution < -0.4 is 0 Å². The maximum atomic E-state index is 12.6. The summed E-state index contributed by atoms with van der Waals surface area (Å²) in [6, 6.07) is 3.75. The zero-order chi connectivity index (χ0) is 14.4. The van der Waals surface area contributed by atoms with Gasteiger partial charge in [-0.1, -0.05) is 12.8 Å². The average Bonchev–Trinajstić information content (AvgIpc) is 3.09. The summed E-state index contributed by atoms with van der Waals surface area (Å²) in [6.45, 7) is 0.348. The number of sulfonamides is 1. The summed E-state index contributed by atoms with van der Waals surface area (Å²) >= 11 is 5.63. The first kappa shape index (κ1) is 15.9. The molecular weight excluding hydrogens is 298 g/mol. The highest BCUT2D eigenvalue weighted by Gasteiger charge is 2.32. The molecule has 0 bridgehead atoms. The van der Waals surface area contributed by atoms with Crippen molar-refractivity contribution in [3.8, 4) is 0 Å². The molecule has 1 aliphatic rings. The van der Waals surface area contributed by atoms with Gasteiger partial charge in [-0.25, -0.2) is 8.42 Å². The molecule has 1 saturated carbocycles. The molecule has 0 radical (unpaired) electrons. The number of rotatable bonds is 8. The Labute approximate surface area is 126 Å². The van der Waals surface area contributed by atoms with Gasteiger partial charge in [0.2, 0.25) is 10.0 Å². The van der Waals surface area contributed by atoms with E-state index >= 15 is 0 Å². The van der Waals surface area contributed by atoms with Gasteiger partial charge in [-0.3, -0.25) is 0 Å². The van der Waals surface area contributed by atoms with Crippen molar-refractivity contribution in [2.75, 3.05) is 11.6 Å². The SMILES string of the molecule is O=S(=O)(CCCCCl)N(Cc1ccco1)C1CCCC1. The Hall–Kier alpha value is -0.520. The van der Waals surface area contributed by atoms with Gasteiger partial charge in [0.1, 0.15) is 5.76 Å². The zero-order valence-electron chi connectivity index (χ0n) is 11.6. The lowest BCUT2D eigenvalue weighted by Crippen LogP contribution is -2.39. The number of hydrogen-bond donors (Lipinski definition) is 0. The summed E-state index contributed by atoms with van der Waals surface area (Å²) < 4.78 is 32.1. The van der Waals surface area contributed by atoms with Gasteiger partial charge in [0, 0.05) is 11.9 Å². The highest BCUT2D eigenvalue weighted by molar-refractivity contribution is 7.89. The van der Waals surface area contributed by atoms with Crippen LogP contribution in [-0.2, 0) is 16.6 Å². The quantitative estimate of drug-likeness (QED) is 0.545. The Bertz CT molecular complexity index is 481. The Morgan fingerprint density at radius 2 is 2.05 bits per heavy atom. The number of unbranched alkanes of at least 4 members (excludes halogenated alkanes) is 1. The first-order chi connectivity index (χ1) is 9.63.